The number of benzene rings is 2. The third-order valence-electron chi connectivity index (χ3n) is 3.49. The average molecular weight is 303 g/mol. The van der Waals surface area contributed by atoms with Gasteiger partial charge in [0.2, 0.25) is 0 Å². The van der Waals surface area contributed by atoms with Gasteiger partial charge in [-0.15, -0.1) is 0 Å². The lowest BCUT2D eigenvalue weighted by Gasteiger charge is -2.21. The van der Waals surface area contributed by atoms with E-state index in [1.807, 2.05) is 24.1 Å². The van der Waals surface area contributed by atoms with Crippen molar-refractivity contribution in [1.29, 1.82) is 0 Å². The fraction of sp³-hybridized carbons (Fsp3) is 0.333. The molecule has 1 N–H and O–H groups in total. The van der Waals surface area contributed by atoms with E-state index in [1.165, 1.54) is 17.2 Å². The van der Waals surface area contributed by atoms with Crippen LogP contribution in [0.4, 0.5) is 4.39 Å². The van der Waals surface area contributed by atoms with Crippen molar-refractivity contribution in [3.63, 3.8) is 0 Å². The van der Waals surface area contributed by atoms with Crippen LogP contribution in [-0.2, 0) is 6.54 Å². The van der Waals surface area contributed by atoms with Gasteiger partial charge in [-0.1, -0.05) is 36.4 Å². The summed E-state index contributed by atoms with van der Waals surface area (Å²) in [6.45, 7) is 3.35. The summed E-state index contributed by atoms with van der Waals surface area (Å²) < 4.78 is 18.7. The van der Waals surface area contributed by atoms with Gasteiger partial charge in [0.05, 0.1) is 0 Å². The highest BCUT2D eigenvalue weighted by Gasteiger charge is 2.11. The molecule has 0 aliphatic heterocycles. The van der Waals surface area contributed by atoms with Gasteiger partial charge in [-0.3, -0.25) is 4.90 Å². The first kappa shape index (κ1) is 16.5. The smallest absolute Gasteiger partial charge is 0.165 e. The largest absolute Gasteiger partial charge is 0.488 e. The van der Waals surface area contributed by atoms with Crippen LogP contribution in [-0.4, -0.2) is 36.3 Å². The predicted molar refractivity (Wildman–Crippen MR) is 85.4 cm³/mol. The lowest BCUT2D eigenvalue weighted by molar-refractivity contribution is 0.0728. The molecular weight excluding hydrogens is 281 g/mol. The van der Waals surface area contributed by atoms with Crippen molar-refractivity contribution in [2.24, 2.45) is 0 Å². The second-order valence-electron chi connectivity index (χ2n) is 5.52. The maximum Gasteiger partial charge on any atom is 0.165 e. The Balaban J connectivity index is 1.80. The summed E-state index contributed by atoms with van der Waals surface area (Å²) in [5.41, 5.74) is 2.46. The van der Waals surface area contributed by atoms with E-state index >= 15 is 0 Å². The molecule has 0 spiro atoms. The van der Waals surface area contributed by atoms with E-state index in [1.54, 1.807) is 18.2 Å². The molecule has 0 heterocycles. The van der Waals surface area contributed by atoms with Crippen LogP contribution in [0, 0.1) is 12.7 Å². The predicted octanol–water partition coefficient (Wildman–Crippen LogP) is 3.01. The topological polar surface area (TPSA) is 32.7 Å². The van der Waals surface area contributed by atoms with Gasteiger partial charge in [0.25, 0.3) is 0 Å². The van der Waals surface area contributed by atoms with Crippen molar-refractivity contribution in [3.05, 3.63) is 65.5 Å². The Kier molecular flexibility index (Phi) is 5.92. The van der Waals surface area contributed by atoms with Crippen LogP contribution in [0.5, 0.6) is 5.75 Å². The Labute approximate surface area is 131 Å². The van der Waals surface area contributed by atoms with E-state index in [9.17, 15) is 9.50 Å². The summed E-state index contributed by atoms with van der Waals surface area (Å²) in [6.07, 6.45) is -0.673. The average Bonchev–Trinajstić information content (AvgIpc) is 2.49. The van der Waals surface area contributed by atoms with Crippen molar-refractivity contribution >= 4 is 0 Å². The molecule has 0 radical (unpaired) electrons. The molecule has 0 bridgehead atoms. The monoisotopic (exact) mass is 303 g/mol. The molecule has 0 aliphatic carbocycles. The van der Waals surface area contributed by atoms with E-state index in [0.29, 0.717) is 6.54 Å². The first-order chi connectivity index (χ1) is 10.6. The maximum atomic E-state index is 13.4. The quantitative estimate of drug-likeness (QED) is 0.853. The third-order valence-corrected chi connectivity index (χ3v) is 3.49. The fourth-order valence-electron chi connectivity index (χ4n) is 2.30. The number of aliphatic hydroxyl groups excluding tert-OH is 1. The van der Waals surface area contributed by atoms with Gasteiger partial charge in [-0.25, -0.2) is 4.39 Å². The Morgan fingerprint density at radius 3 is 2.55 bits per heavy atom. The molecule has 0 saturated heterocycles. The van der Waals surface area contributed by atoms with Crippen molar-refractivity contribution in [1.82, 2.24) is 4.90 Å². The normalized spacial score (nSPS) is 12.4. The van der Waals surface area contributed by atoms with E-state index in [4.69, 9.17) is 4.74 Å². The molecule has 3 nitrogen and oxygen atoms in total. The Morgan fingerprint density at radius 2 is 1.82 bits per heavy atom. The minimum Gasteiger partial charge on any atom is -0.488 e. The number of hydrogen-bond donors (Lipinski definition) is 1. The maximum absolute atomic E-state index is 13.4. The van der Waals surface area contributed by atoms with Crippen LogP contribution >= 0.6 is 0 Å². The van der Waals surface area contributed by atoms with E-state index in [-0.39, 0.29) is 12.4 Å². The van der Waals surface area contributed by atoms with Crippen LogP contribution in [0.15, 0.2) is 48.5 Å². The summed E-state index contributed by atoms with van der Waals surface area (Å²) >= 11 is 0. The minimum absolute atomic E-state index is 0.0685. The molecule has 118 valence electrons. The molecule has 2 rings (SSSR count). The van der Waals surface area contributed by atoms with E-state index in [2.05, 4.69) is 19.1 Å². The zero-order valence-electron chi connectivity index (χ0n) is 13.0. The van der Waals surface area contributed by atoms with E-state index < -0.39 is 11.9 Å². The van der Waals surface area contributed by atoms with Gasteiger partial charge in [0.1, 0.15) is 12.7 Å². The number of para-hydroxylation sites is 1. The van der Waals surface area contributed by atoms with Crippen molar-refractivity contribution in [3.8, 4) is 5.75 Å². The summed E-state index contributed by atoms with van der Waals surface area (Å²) in [5, 5.41) is 10.0. The van der Waals surface area contributed by atoms with Crippen LogP contribution < -0.4 is 4.74 Å². The summed E-state index contributed by atoms with van der Waals surface area (Å²) in [6, 6.07) is 14.4. The van der Waals surface area contributed by atoms with Gasteiger partial charge in [-0.2, -0.15) is 0 Å². The molecule has 2 aromatic carbocycles. The molecule has 22 heavy (non-hydrogen) atoms. The van der Waals surface area contributed by atoms with Gasteiger partial charge < -0.3 is 9.84 Å². The molecular formula is C18H22FNO2. The Hall–Kier alpha value is -1.91. The first-order valence-corrected chi connectivity index (χ1v) is 7.34. The fourth-order valence-corrected chi connectivity index (χ4v) is 2.30. The highest BCUT2D eigenvalue weighted by atomic mass is 19.1. The molecule has 0 aliphatic rings. The summed E-state index contributed by atoms with van der Waals surface area (Å²) in [7, 11) is 1.94. The second kappa shape index (κ2) is 7.92. The molecule has 4 heteroatoms. The van der Waals surface area contributed by atoms with Crippen LogP contribution in [0.25, 0.3) is 0 Å². The van der Waals surface area contributed by atoms with Crippen LogP contribution in [0.3, 0.4) is 0 Å². The van der Waals surface area contributed by atoms with Crippen molar-refractivity contribution in [2.45, 2.75) is 19.6 Å². The SMILES string of the molecule is Cc1ccccc1CN(C)CC(O)COc1ccccc1F. The minimum atomic E-state index is -0.673. The summed E-state index contributed by atoms with van der Waals surface area (Å²) in [5.74, 6) is -0.244. The number of aryl methyl sites for hydroxylation is 1. The van der Waals surface area contributed by atoms with Gasteiger partial charge >= 0.3 is 0 Å². The second-order valence-corrected chi connectivity index (χ2v) is 5.52. The zero-order valence-corrected chi connectivity index (χ0v) is 13.0. The standard InChI is InChI=1S/C18H22FNO2/c1-14-7-3-4-8-15(14)11-20(2)12-16(21)13-22-18-10-6-5-9-17(18)19/h3-10,16,21H,11-13H2,1-2H3. The highest BCUT2D eigenvalue weighted by Crippen LogP contribution is 2.15. The number of aliphatic hydroxyl groups is 1. The number of nitrogens with zero attached hydrogens (tertiary/aromatic N) is 1. The van der Waals surface area contributed by atoms with Crippen molar-refractivity contribution < 1.29 is 14.2 Å². The molecule has 1 unspecified atom stereocenters. The zero-order chi connectivity index (χ0) is 15.9. The summed E-state index contributed by atoms with van der Waals surface area (Å²) in [4.78, 5) is 2.03. The lowest BCUT2D eigenvalue weighted by atomic mass is 10.1. The molecule has 0 aromatic heterocycles. The molecule has 2 aromatic rings. The number of likely N-dealkylation sites (N-methyl/N-ethyl adjacent to an activating group) is 1. The van der Waals surface area contributed by atoms with E-state index in [0.717, 1.165) is 6.54 Å². The number of hydrogen-bond acceptors (Lipinski definition) is 3. The first-order valence-electron chi connectivity index (χ1n) is 7.34. The lowest BCUT2D eigenvalue weighted by Crippen LogP contribution is -2.33. The number of rotatable bonds is 7. The molecule has 0 amide bonds. The number of ether oxygens (including phenoxy) is 1. The van der Waals surface area contributed by atoms with Crippen molar-refractivity contribution in [2.75, 3.05) is 20.2 Å². The third kappa shape index (κ3) is 4.83. The molecule has 0 fully saturated rings. The highest BCUT2D eigenvalue weighted by molar-refractivity contribution is 5.25. The van der Waals surface area contributed by atoms with Gasteiger partial charge in [0, 0.05) is 13.1 Å². The van der Waals surface area contributed by atoms with Crippen LogP contribution in [0.1, 0.15) is 11.1 Å². The number of halogens is 1. The molecule has 1 atom stereocenters. The van der Waals surface area contributed by atoms with Gasteiger partial charge in [-0.05, 0) is 37.2 Å². The Bertz CT molecular complexity index is 603. The Morgan fingerprint density at radius 1 is 1.14 bits per heavy atom. The van der Waals surface area contributed by atoms with Crippen LogP contribution in [0.2, 0.25) is 0 Å². The molecule has 0 saturated carbocycles. The van der Waals surface area contributed by atoms with Gasteiger partial charge in [0.15, 0.2) is 11.6 Å².